The van der Waals surface area contributed by atoms with Gasteiger partial charge in [0.15, 0.2) is 0 Å². The molecule has 0 saturated heterocycles. The molecule has 1 unspecified atom stereocenters. The monoisotopic (exact) mass is 232 g/mol. The average molecular weight is 232 g/mol. The SMILES string of the molecule is CCC(CSC)N(C)C(=O)CCCNC. The van der Waals surface area contributed by atoms with E-state index in [1.165, 1.54) is 0 Å². The molecule has 0 fully saturated rings. The Hall–Kier alpha value is -0.220. The predicted molar refractivity (Wildman–Crippen MR) is 68.4 cm³/mol. The van der Waals surface area contributed by atoms with E-state index in [9.17, 15) is 4.79 Å². The number of amides is 1. The van der Waals surface area contributed by atoms with Gasteiger partial charge in [0, 0.05) is 25.3 Å². The van der Waals surface area contributed by atoms with Gasteiger partial charge in [-0.25, -0.2) is 0 Å². The first kappa shape index (κ1) is 14.8. The maximum Gasteiger partial charge on any atom is 0.222 e. The Morgan fingerprint density at radius 2 is 2.20 bits per heavy atom. The summed E-state index contributed by atoms with van der Waals surface area (Å²) in [5.41, 5.74) is 0. The summed E-state index contributed by atoms with van der Waals surface area (Å²) in [5.74, 6) is 1.30. The summed E-state index contributed by atoms with van der Waals surface area (Å²) in [4.78, 5) is 13.7. The minimum absolute atomic E-state index is 0.270. The van der Waals surface area contributed by atoms with Crippen molar-refractivity contribution in [3.05, 3.63) is 0 Å². The van der Waals surface area contributed by atoms with Crippen molar-refractivity contribution in [3.63, 3.8) is 0 Å². The van der Waals surface area contributed by atoms with Crippen LogP contribution in [-0.4, -0.2) is 49.5 Å². The summed E-state index contributed by atoms with van der Waals surface area (Å²) in [5, 5.41) is 3.06. The van der Waals surface area contributed by atoms with Crippen LogP contribution in [0.15, 0.2) is 0 Å². The number of hydrogen-bond acceptors (Lipinski definition) is 3. The van der Waals surface area contributed by atoms with Crippen molar-refractivity contribution >= 4 is 17.7 Å². The van der Waals surface area contributed by atoms with Gasteiger partial charge >= 0.3 is 0 Å². The number of rotatable bonds is 8. The highest BCUT2D eigenvalue weighted by molar-refractivity contribution is 7.98. The highest BCUT2D eigenvalue weighted by Crippen LogP contribution is 2.10. The molecular weight excluding hydrogens is 208 g/mol. The quantitative estimate of drug-likeness (QED) is 0.645. The molecule has 1 N–H and O–H groups in total. The highest BCUT2D eigenvalue weighted by atomic mass is 32.2. The van der Waals surface area contributed by atoms with Crippen molar-refractivity contribution in [1.82, 2.24) is 10.2 Å². The third-order valence-corrected chi connectivity index (χ3v) is 3.31. The highest BCUT2D eigenvalue weighted by Gasteiger charge is 2.16. The van der Waals surface area contributed by atoms with Crippen LogP contribution in [0.25, 0.3) is 0 Å². The van der Waals surface area contributed by atoms with Gasteiger partial charge in [0.05, 0.1) is 0 Å². The fourth-order valence-corrected chi connectivity index (χ4v) is 2.34. The second-order valence-electron chi connectivity index (χ2n) is 3.73. The first-order valence-corrected chi connectivity index (χ1v) is 6.95. The topological polar surface area (TPSA) is 32.3 Å². The molecule has 0 spiro atoms. The zero-order chi connectivity index (χ0) is 11.7. The summed E-state index contributed by atoms with van der Waals surface area (Å²) in [7, 11) is 3.84. The molecule has 0 heterocycles. The van der Waals surface area contributed by atoms with Crippen LogP contribution in [0.1, 0.15) is 26.2 Å². The Morgan fingerprint density at radius 3 is 2.67 bits per heavy atom. The molecule has 0 rings (SSSR count). The first-order chi connectivity index (χ1) is 7.17. The molecule has 0 aliphatic carbocycles. The smallest absolute Gasteiger partial charge is 0.222 e. The van der Waals surface area contributed by atoms with Gasteiger partial charge in [-0.2, -0.15) is 11.8 Å². The van der Waals surface area contributed by atoms with E-state index in [2.05, 4.69) is 18.5 Å². The molecule has 1 amide bonds. The number of carbonyl (C=O) groups is 1. The lowest BCUT2D eigenvalue weighted by Crippen LogP contribution is -2.38. The van der Waals surface area contributed by atoms with Crippen LogP contribution in [0.3, 0.4) is 0 Å². The van der Waals surface area contributed by atoms with Crippen LogP contribution in [0.2, 0.25) is 0 Å². The molecule has 1 atom stereocenters. The van der Waals surface area contributed by atoms with E-state index in [0.29, 0.717) is 12.5 Å². The molecule has 0 aromatic carbocycles. The van der Waals surface area contributed by atoms with E-state index in [0.717, 1.165) is 25.1 Å². The van der Waals surface area contributed by atoms with Gasteiger partial charge in [-0.05, 0) is 32.7 Å². The maximum atomic E-state index is 11.8. The standard InChI is InChI=1S/C11H24N2OS/c1-5-10(9-15-4)13(3)11(14)7-6-8-12-2/h10,12H,5-9H2,1-4H3. The molecule has 90 valence electrons. The lowest BCUT2D eigenvalue weighted by molar-refractivity contribution is -0.131. The molecule has 0 aromatic heterocycles. The summed E-state index contributed by atoms with van der Waals surface area (Å²) < 4.78 is 0. The van der Waals surface area contributed by atoms with Gasteiger partial charge in [-0.1, -0.05) is 6.92 Å². The van der Waals surface area contributed by atoms with Crippen molar-refractivity contribution < 1.29 is 4.79 Å². The van der Waals surface area contributed by atoms with Crippen LogP contribution in [0, 0.1) is 0 Å². The zero-order valence-electron chi connectivity index (χ0n) is 10.4. The molecule has 15 heavy (non-hydrogen) atoms. The third kappa shape index (κ3) is 6.05. The van der Waals surface area contributed by atoms with Gasteiger partial charge in [0.1, 0.15) is 0 Å². The molecule has 0 aromatic rings. The Balaban J connectivity index is 3.92. The number of nitrogens with one attached hydrogen (secondary N) is 1. The normalized spacial score (nSPS) is 12.5. The molecule has 0 bridgehead atoms. The van der Waals surface area contributed by atoms with Gasteiger partial charge in [-0.15, -0.1) is 0 Å². The first-order valence-electron chi connectivity index (χ1n) is 5.56. The number of hydrogen-bond donors (Lipinski definition) is 1. The second kappa shape index (κ2) is 9.04. The number of thioether (sulfide) groups is 1. The molecule has 0 aliphatic rings. The largest absolute Gasteiger partial charge is 0.342 e. The van der Waals surface area contributed by atoms with Crippen molar-refractivity contribution in [1.29, 1.82) is 0 Å². The minimum Gasteiger partial charge on any atom is -0.342 e. The maximum absolute atomic E-state index is 11.8. The van der Waals surface area contributed by atoms with E-state index in [4.69, 9.17) is 0 Å². The zero-order valence-corrected chi connectivity index (χ0v) is 11.2. The number of carbonyl (C=O) groups excluding carboxylic acids is 1. The fourth-order valence-electron chi connectivity index (χ4n) is 1.49. The van der Waals surface area contributed by atoms with E-state index in [1.807, 2.05) is 19.0 Å². The van der Waals surface area contributed by atoms with E-state index in [-0.39, 0.29) is 5.91 Å². The molecular formula is C11H24N2OS. The van der Waals surface area contributed by atoms with Gasteiger partial charge < -0.3 is 10.2 Å². The van der Waals surface area contributed by atoms with Gasteiger partial charge in [-0.3, -0.25) is 4.79 Å². The van der Waals surface area contributed by atoms with E-state index < -0.39 is 0 Å². The summed E-state index contributed by atoms with van der Waals surface area (Å²) in [6.07, 6.45) is 4.70. The van der Waals surface area contributed by atoms with Crippen LogP contribution < -0.4 is 5.32 Å². The van der Waals surface area contributed by atoms with E-state index >= 15 is 0 Å². The lowest BCUT2D eigenvalue weighted by atomic mass is 10.2. The van der Waals surface area contributed by atoms with Crippen molar-refractivity contribution in [2.24, 2.45) is 0 Å². The van der Waals surface area contributed by atoms with Crippen molar-refractivity contribution in [3.8, 4) is 0 Å². The van der Waals surface area contributed by atoms with Crippen LogP contribution in [-0.2, 0) is 4.79 Å². The Bertz CT molecular complexity index is 176. The Morgan fingerprint density at radius 1 is 1.53 bits per heavy atom. The second-order valence-corrected chi connectivity index (χ2v) is 4.64. The van der Waals surface area contributed by atoms with Crippen LogP contribution in [0.5, 0.6) is 0 Å². The number of nitrogens with zero attached hydrogens (tertiary/aromatic N) is 1. The van der Waals surface area contributed by atoms with Crippen molar-refractivity contribution in [2.45, 2.75) is 32.2 Å². The van der Waals surface area contributed by atoms with Crippen molar-refractivity contribution in [2.75, 3.05) is 32.6 Å². The molecule has 0 radical (unpaired) electrons. The van der Waals surface area contributed by atoms with Crippen LogP contribution in [0.4, 0.5) is 0 Å². The van der Waals surface area contributed by atoms with E-state index in [1.54, 1.807) is 11.8 Å². The average Bonchev–Trinajstić information content (AvgIpc) is 2.25. The summed E-state index contributed by atoms with van der Waals surface area (Å²) in [6, 6.07) is 0.391. The Kier molecular flexibility index (Phi) is 8.91. The third-order valence-electron chi connectivity index (χ3n) is 2.59. The molecule has 0 saturated carbocycles. The molecule has 3 nitrogen and oxygen atoms in total. The Labute approximate surface area is 98.0 Å². The molecule has 0 aliphatic heterocycles. The fraction of sp³-hybridized carbons (Fsp3) is 0.909. The summed E-state index contributed by atoms with van der Waals surface area (Å²) >= 11 is 1.80. The predicted octanol–water partition coefficient (Wildman–Crippen LogP) is 1.59. The lowest BCUT2D eigenvalue weighted by Gasteiger charge is -2.26. The van der Waals surface area contributed by atoms with Gasteiger partial charge in [0.25, 0.3) is 0 Å². The van der Waals surface area contributed by atoms with Crippen LogP contribution >= 0.6 is 11.8 Å². The molecule has 4 heteroatoms. The summed E-state index contributed by atoms with van der Waals surface area (Å²) in [6.45, 7) is 3.05. The van der Waals surface area contributed by atoms with Gasteiger partial charge in [0.2, 0.25) is 5.91 Å². The minimum atomic E-state index is 0.270.